The number of rotatable bonds is 1. The summed E-state index contributed by atoms with van der Waals surface area (Å²) in [5.41, 5.74) is 0.331. The van der Waals surface area contributed by atoms with E-state index in [1.165, 1.54) is 30.3 Å². The van der Waals surface area contributed by atoms with Crippen LogP contribution in [0.5, 0.6) is 23.0 Å². The number of aliphatic hydroxyl groups is 1. The van der Waals surface area contributed by atoms with Crippen LogP contribution in [0.3, 0.4) is 0 Å². The summed E-state index contributed by atoms with van der Waals surface area (Å²) in [5.74, 6) is -1.34. The van der Waals surface area contributed by atoms with Crippen LogP contribution in [0, 0.1) is 0 Å². The highest BCUT2D eigenvalue weighted by Gasteiger charge is 2.39. The van der Waals surface area contributed by atoms with Gasteiger partial charge < -0.3 is 25.2 Å². The number of fused-ring (bicyclic) bond motifs is 1. The van der Waals surface area contributed by atoms with E-state index in [-0.39, 0.29) is 22.8 Å². The average molecular weight is 288 g/mol. The van der Waals surface area contributed by atoms with Gasteiger partial charge in [-0.1, -0.05) is 12.1 Å². The molecular weight excluding hydrogens is 276 g/mol. The quantitative estimate of drug-likeness (QED) is 0.633. The van der Waals surface area contributed by atoms with Gasteiger partial charge in [0, 0.05) is 12.1 Å². The van der Waals surface area contributed by atoms with E-state index in [1.54, 1.807) is 0 Å². The van der Waals surface area contributed by atoms with E-state index < -0.39 is 23.7 Å². The molecule has 6 nitrogen and oxygen atoms in total. The molecule has 0 spiro atoms. The number of benzene rings is 2. The van der Waals surface area contributed by atoms with E-state index in [2.05, 4.69) is 0 Å². The molecule has 1 aliphatic rings. The maximum Gasteiger partial charge on any atom is 0.202 e. The Bertz CT molecular complexity index is 707. The topological polar surface area (TPSA) is 107 Å². The summed E-state index contributed by atoms with van der Waals surface area (Å²) in [6.07, 6.45) is -2.47. The summed E-state index contributed by atoms with van der Waals surface area (Å²) in [6.45, 7) is 0. The fourth-order valence-corrected chi connectivity index (χ4v) is 2.33. The Hall–Kier alpha value is -2.73. The van der Waals surface area contributed by atoms with Crippen LogP contribution in [0.1, 0.15) is 22.0 Å². The monoisotopic (exact) mass is 288 g/mol. The molecule has 0 aromatic heterocycles. The van der Waals surface area contributed by atoms with Crippen LogP contribution >= 0.6 is 0 Å². The van der Waals surface area contributed by atoms with Crippen LogP contribution in [-0.4, -0.2) is 32.3 Å². The molecule has 0 saturated heterocycles. The fraction of sp³-hybridized carbons (Fsp3) is 0.133. The van der Waals surface area contributed by atoms with E-state index in [4.69, 9.17) is 4.74 Å². The van der Waals surface area contributed by atoms with Crippen molar-refractivity contribution < 1.29 is 30.0 Å². The highest BCUT2D eigenvalue weighted by Crippen LogP contribution is 2.41. The third-order valence-electron chi connectivity index (χ3n) is 3.34. The first-order valence-electron chi connectivity index (χ1n) is 6.21. The van der Waals surface area contributed by atoms with Gasteiger partial charge in [0.05, 0.1) is 0 Å². The number of aliphatic hydroxyl groups excluding tert-OH is 1. The zero-order chi connectivity index (χ0) is 15.1. The first-order chi connectivity index (χ1) is 9.97. The molecular formula is C15H12O6. The molecule has 0 bridgehead atoms. The maximum atomic E-state index is 12.2. The molecule has 4 N–H and O–H groups in total. The second kappa shape index (κ2) is 4.68. The Labute approximate surface area is 119 Å². The third kappa shape index (κ3) is 2.15. The Morgan fingerprint density at radius 2 is 1.62 bits per heavy atom. The van der Waals surface area contributed by atoms with Gasteiger partial charge in [-0.05, 0) is 17.7 Å². The highest BCUT2D eigenvalue weighted by atomic mass is 16.5. The number of ether oxygens (including phenoxy) is 1. The van der Waals surface area contributed by atoms with Crippen molar-refractivity contribution in [1.29, 1.82) is 0 Å². The van der Waals surface area contributed by atoms with Crippen LogP contribution < -0.4 is 4.74 Å². The SMILES string of the molecule is O=C1c2c(O)cc(O)cc2O[C@H](c2ccc(O)cc2)[C@@H]1O. The lowest BCUT2D eigenvalue weighted by molar-refractivity contribution is 0.0210. The highest BCUT2D eigenvalue weighted by molar-refractivity contribution is 6.05. The number of carbonyl (C=O) groups is 1. The number of phenols is 3. The molecule has 0 radical (unpaired) electrons. The van der Waals surface area contributed by atoms with Crippen molar-refractivity contribution in [2.24, 2.45) is 0 Å². The summed E-state index contributed by atoms with van der Waals surface area (Å²) < 4.78 is 5.53. The van der Waals surface area contributed by atoms with Crippen LogP contribution in [0.2, 0.25) is 0 Å². The number of ketones is 1. The Morgan fingerprint density at radius 1 is 0.952 bits per heavy atom. The zero-order valence-corrected chi connectivity index (χ0v) is 10.7. The van der Waals surface area contributed by atoms with Crippen LogP contribution in [0.15, 0.2) is 36.4 Å². The van der Waals surface area contributed by atoms with Crippen LogP contribution in [0.4, 0.5) is 0 Å². The number of carbonyl (C=O) groups excluding carboxylic acids is 1. The Kier molecular flexibility index (Phi) is 2.95. The largest absolute Gasteiger partial charge is 0.508 e. The van der Waals surface area contributed by atoms with Gasteiger partial charge in [-0.3, -0.25) is 4.79 Å². The number of Topliss-reactive ketones (excluding diaryl/α,β-unsaturated/α-hetero) is 1. The molecule has 1 aliphatic heterocycles. The van der Waals surface area contributed by atoms with E-state index in [0.29, 0.717) is 5.56 Å². The van der Waals surface area contributed by atoms with E-state index in [1.807, 2.05) is 0 Å². The molecule has 6 heteroatoms. The van der Waals surface area contributed by atoms with E-state index in [9.17, 15) is 25.2 Å². The number of aromatic hydroxyl groups is 3. The summed E-state index contributed by atoms with van der Waals surface area (Å²) in [5, 5.41) is 38.5. The standard InChI is InChI=1S/C15H12O6/c16-8-3-1-7(2-4-8)15-14(20)13(19)12-10(18)5-9(17)6-11(12)21-15/h1-6,14-18,20H/t14-,15-/m1/s1. The second-order valence-electron chi connectivity index (χ2n) is 4.78. The fourth-order valence-electron chi connectivity index (χ4n) is 2.33. The predicted molar refractivity (Wildman–Crippen MR) is 71.6 cm³/mol. The minimum absolute atomic E-state index is 0.000810. The first kappa shape index (κ1) is 13.3. The van der Waals surface area contributed by atoms with Crippen molar-refractivity contribution in [2.45, 2.75) is 12.2 Å². The van der Waals surface area contributed by atoms with Crippen LogP contribution in [0.25, 0.3) is 0 Å². The minimum Gasteiger partial charge on any atom is -0.508 e. The third-order valence-corrected chi connectivity index (χ3v) is 3.34. The van der Waals surface area contributed by atoms with Gasteiger partial charge in [-0.15, -0.1) is 0 Å². The van der Waals surface area contributed by atoms with Crippen molar-refractivity contribution in [3.63, 3.8) is 0 Å². The molecule has 0 amide bonds. The van der Waals surface area contributed by atoms with Gasteiger partial charge in [-0.25, -0.2) is 0 Å². The average Bonchev–Trinajstić information content (AvgIpc) is 2.43. The van der Waals surface area contributed by atoms with Gasteiger partial charge >= 0.3 is 0 Å². The van der Waals surface area contributed by atoms with Crippen molar-refractivity contribution in [1.82, 2.24) is 0 Å². The number of phenolic OH excluding ortho intramolecular Hbond substituents is 3. The van der Waals surface area contributed by atoms with Crippen molar-refractivity contribution in [2.75, 3.05) is 0 Å². The summed E-state index contributed by atoms with van der Waals surface area (Å²) in [7, 11) is 0. The summed E-state index contributed by atoms with van der Waals surface area (Å²) in [6, 6.07) is 8.06. The number of hydrogen-bond donors (Lipinski definition) is 4. The lowest BCUT2D eigenvalue weighted by Gasteiger charge is -2.30. The molecule has 2 aromatic carbocycles. The summed E-state index contributed by atoms with van der Waals surface area (Å²) >= 11 is 0. The van der Waals surface area contributed by atoms with Gasteiger partial charge in [0.2, 0.25) is 5.78 Å². The van der Waals surface area contributed by atoms with Crippen molar-refractivity contribution >= 4 is 5.78 Å². The molecule has 2 atom stereocenters. The minimum atomic E-state index is -1.49. The first-order valence-corrected chi connectivity index (χ1v) is 6.21. The Morgan fingerprint density at radius 3 is 2.29 bits per heavy atom. The lowest BCUT2D eigenvalue weighted by atomic mass is 9.93. The van der Waals surface area contributed by atoms with E-state index >= 15 is 0 Å². The maximum absolute atomic E-state index is 12.2. The summed E-state index contributed by atoms with van der Waals surface area (Å²) in [4.78, 5) is 12.2. The molecule has 0 unspecified atom stereocenters. The molecule has 0 fully saturated rings. The zero-order valence-electron chi connectivity index (χ0n) is 10.7. The Balaban J connectivity index is 2.07. The molecule has 0 aliphatic carbocycles. The van der Waals surface area contributed by atoms with Gasteiger partial charge in [0.1, 0.15) is 28.6 Å². The molecule has 0 saturated carbocycles. The van der Waals surface area contributed by atoms with Gasteiger partial charge in [-0.2, -0.15) is 0 Å². The lowest BCUT2D eigenvalue weighted by Crippen LogP contribution is -2.36. The predicted octanol–water partition coefficient (Wildman–Crippen LogP) is 1.48. The van der Waals surface area contributed by atoms with Crippen molar-refractivity contribution in [3.8, 4) is 23.0 Å². The molecule has 1 heterocycles. The molecule has 21 heavy (non-hydrogen) atoms. The molecule has 108 valence electrons. The second-order valence-corrected chi connectivity index (χ2v) is 4.78. The molecule has 3 rings (SSSR count). The normalized spacial score (nSPS) is 20.7. The molecule has 2 aromatic rings. The van der Waals surface area contributed by atoms with Crippen LogP contribution in [-0.2, 0) is 0 Å². The van der Waals surface area contributed by atoms with Gasteiger partial charge in [0.15, 0.2) is 12.2 Å². The smallest absolute Gasteiger partial charge is 0.202 e. The number of hydrogen-bond acceptors (Lipinski definition) is 6. The van der Waals surface area contributed by atoms with Crippen molar-refractivity contribution in [3.05, 3.63) is 47.5 Å². The van der Waals surface area contributed by atoms with E-state index in [0.717, 1.165) is 6.07 Å². The van der Waals surface area contributed by atoms with Gasteiger partial charge in [0.25, 0.3) is 0 Å².